The van der Waals surface area contributed by atoms with E-state index in [4.69, 9.17) is 4.74 Å². The van der Waals surface area contributed by atoms with Crippen molar-refractivity contribution in [3.63, 3.8) is 0 Å². The van der Waals surface area contributed by atoms with Gasteiger partial charge >= 0.3 is 0 Å². The van der Waals surface area contributed by atoms with E-state index < -0.39 is 0 Å². The lowest BCUT2D eigenvalue weighted by Gasteiger charge is -2.26. The van der Waals surface area contributed by atoms with E-state index in [2.05, 4.69) is 31.4 Å². The molecule has 1 fully saturated rings. The molecular formula is C12H26N2O. The highest BCUT2D eigenvalue weighted by Gasteiger charge is 2.15. The second-order valence-corrected chi connectivity index (χ2v) is 5.00. The molecule has 0 saturated carbocycles. The van der Waals surface area contributed by atoms with Crippen LogP contribution in [0.25, 0.3) is 0 Å². The lowest BCUT2D eigenvalue weighted by Crippen LogP contribution is -2.45. The van der Waals surface area contributed by atoms with E-state index in [1.165, 1.54) is 6.42 Å². The average molecular weight is 214 g/mol. The molecule has 1 aliphatic heterocycles. The molecule has 1 aliphatic rings. The molecule has 0 aromatic rings. The van der Waals surface area contributed by atoms with Crippen LogP contribution in [0.2, 0.25) is 0 Å². The van der Waals surface area contributed by atoms with E-state index in [0.29, 0.717) is 12.1 Å². The quantitative estimate of drug-likeness (QED) is 0.701. The molecule has 90 valence electrons. The van der Waals surface area contributed by atoms with Crippen molar-refractivity contribution >= 4 is 0 Å². The summed E-state index contributed by atoms with van der Waals surface area (Å²) in [5, 5.41) is 7.05. The molecule has 15 heavy (non-hydrogen) atoms. The van der Waals surface area contributed by atoms with Crippen molar-refractivity contribution in [2.24, 2.45) is 5.92 Å². The second kappa shape index (κ2) is 7.20. The minimum absolute atomic E-state index is 0.542. The molecule has 0 aromatic carbocycles. The van der Waals surface area contributed by atoms with Gasteiger partial charge in [-0.2, -0.15) is 0 Å². The fourth-order valence-electron chi connectivity index (χ4n) is 1.90. The molecule has 0 radical (unpaired) electrons. The van der Waals surface area contributed by atoms with Crippen molar-refractivity contribution in [1.82, 2.24) is 10.6 Å². The van der Waals surface area contributed by atoms with E-state index in [1.807, 2.05) is 0 Å². The molecule has 0 bridgehead atoms. The third-order valence-electron chi connectivity index (χ3n) is 2.85. The number of rotatable bonds is 6. The Morgan fingerprint density at radius 1 is 1.40 bits per heavy atom. The van der Waals surface area contributed by atoms with Crippen LogP contribution in [-0.4, -0.2) is 38.4 Å². The molecule has 2 unspecified atom stereocenters. The molecule has 1 saturated heterocycles. The molecular weight excluding hydrogens is 188 g/mol. The van der Waals surface area contributed by atoms with Crippen LogP contribution in [0.1, 0.15) is 33.6 Å². The van der Waals surface area contributed by atoms with Crippen LogP contribution in [0.4, 0.5) is 0 Å². The minimum atomic E-state index is 0.542. The number of morpholine rings is 1. The first-order chi connectivity index (χ1) is 7.18. The maximum absolute atomic E-state index is 5.44. The molecule has 3 heteroatoms. The highest BCUT2D eigenvalue weighted by atomic mass is 16.5. The van der Waals surface area contributed by atoms with Crippen molar-refractivity contribution in [2.45, 2.75) is 45.7 Å². The van der Waals surface area contributed by atoms with Crippen LogP contribution in [-0.2, 0) is 4.74 Å². The largest absolute Gasteiger partial charge is 0.379 e. The fraction of sp³-hybridized carbons (Fsp3) is 1.00. The van der Waals surface area contributed by atoms with Crippen LogP contribution < -0.4 is 10.6 Å². The number of ether oxygens (including phenoxy) is 1. The third kappa shape index (κ3) is 6.13. The highest BCUT2D eigenvalue weighted by Crippen LogP contribution is 2.03. The number of hydrogen-bond acceptors (Lipinski definition) is 3. The third-order valence-corrected chi connectivity index (χ3v) is 2.85. The molecule has 2 N–H and O–H groups in total. The van der Waals surface area contributed by atoms with Gasteiger partial charge in [0.15, 0.2) is 0 Å². The Labute approximate surface area is 94.0 Å². The van der Waals surface area contributed by atoms with Gasteiger partial charge in [-0.25, -0.2) is 0 Å². The van der Waals surface area contributed by atoms with Crippen molar-refractivity contribution in [3.8, 4) is 0 Å². The van der Waals surface area contributed by atoms with Gasteiger partial charge in [-0.1, -0.05) is 13.8 Å². The summed E-state index contributed by atoms with van der Waals surface area (Å²) in [6.45, 7) is 10.7. The van der Waals surface area contributed by atoms with E-state index in [0.717, 1.165) is 38.6 Å². The van der Waals surface area contributed by atoms with Gasteiger partial charge in [0.2, 0.25) is 0 Å². The van der Waals surface area contributed by atoms with Crippen molar-refractivity contribution < 1.29 is 4.74 Å². The smallest absolute Gasteiger partial charge is 0.0620 e. The summed E-state index contributed by atoms with van der Waals surface area (Å²) in [4.78, 5) is 0. The van der Waals surface area contributed by atoms with Gasteiger partial charge in [-0.3, -0.25) is 0 Å². The maximum Gasteiger partial charge on any atom is 0.0620 e. The normalized spacial score (nSPS) is 24.4. The number of hydrogen-bond donors (Lipinski definition) is 2. The van der Waals surface area contributed by atoms with E-state index in [1.54, 1.807) is 0 Å². The first-order valence-corrected chi connectivity index (χ1v) is 6.23. The topological polar surface area (TPSA) is 33.3 Å². The Morgan fingerprint density at radius 3 is 2.80 bits per heavy atom. The lowest BCUT2D eigenvalue weighted by atomic mass is 10.1. The predicted octanol–water partition coefficient (Wildman–Crippen LogP) is 1.39. The summed E-state index contributed by atoms with van der Waals surface area (Å²) in [6.07, 6.45) is 2.43. The zero-order chi connectivity index (χ0) is 11.1. The molecule has 0 aliphatic carbocycles. The minimum Gasteiger partial charge on any atom is -0.379 e. The summed E-state index contributed by atoms with van der Waals surface area (Å²) in [5.74, 6) is 0.792. The van der Waals surface area contributed by atoms with Gasteiger partial charge in [0.25, 0.3) is 0 Å². The zero-order valence-electron chi connectivity index (χ0n) is 10.4. The van der Waals surface area contributed by atoms with Crippen molar-refractivity contribution in [3.05, 3.63) is 0 Å². The van der Waals surface area contributed by atoms with Gasteiger partial charge in [0.1, 0.15) is 0 Å². The van der Waals surface area contributed by atoms with Crippen LogP contribution in [0.15, 0.2) is 0 Å². The first kappa shape index (κ1) is 12.9. The zero-order valence-corrected chi connectivity index (χ0v) is 10.4. The Balaban J connectivity index is 2.03. The van der Waals surface area contributed by atoms with Gasteiger partial charge in [0, 0.05) is 18.6 Å². The first-order valence-electron chi connectivity index (χ1n) is 6.23. The second-order valence-electron chi connectivity index (χ2n) is 5.00. The average Bonchev–Trinajstić information content (AvgIpc) is 2.18. The summed E-state index contributed by atoms with van der Waals surface area (Å²) < 4.78 is 5.44. The summed E-state index contributed by atoms with van der Waals surface area (Å²) in [5.41, 5.74) is 0. The molecule has 1 rings (SSSR count). The Hall–Kier alpha value is -0.120. The van der Waals surface area contributed by atoms with Crippen molar-refractivity contribution in [2.75, 3.05) is 26.3 Å². The standard InChI is InChI=1S/C12H26N2O/c1-10(2)4-5-13-11(3)8-12-9-15-7-6-14-12/h10-14H,4-9H2,1-3H3. The fourth-order valence-corrected chi connectivity index (χ4v) is 1.90. The molecule has 1 heterocycles. The Bertz CT molecular complexity index is 156. The van der Waals surface area contributed by atoms with Crippen LogP contribution in [0.3, 0.4) is 0 Å². The van der Waals surface area contributed by atoms with Gasteiger partial charge in [-0.15, -0.1) is 0 Å². The van der Waals surface area contributed by atoms with E-state index in [9.17, 15) is 0 Å². The van der Waals surface area contributed by atoms with E-state index in [-0.39, 0.29) is 0 Å². The van der Waals surface area contributed by atoms with Crippen molar-refractivity contribution in [1.29, 1.82) is 0 Å². The molecule has 0 spiro atoms. The van der Waals surface area contributed by atoms with Crippen LogP contribution >= 0.6 is 0 Å². The molecule has 2 atom stereocenters. The lowest BCUT2D eigenvalue weighted by molar-refractivity contribution is 0.0712. The van der Waals surface area contributed by atoms with E-state index >= 15 is 0 Å². The summed E-state index contributed by atoms with van der Waals surface area (Å²) >= 11 is 0. The molecule has 0 amide bonds. The van der Waals surface area contributed by atoms with Gasteiger partial charge < -0.3 is 15.4 Å². The monoisotopic (exact) mass is 214 g/mol. The van der Waals surface area contributed by atoms with Gasteiger partial charge in [-0.05, 0) is 32.2 Å². The van der Waals surface area contributed by atoms with Crippen LogP contribution in [0, 0.1) is 5.92 Å². The Morgan fingerprint density at radius 2 is 2.20 bits per heavy atom. The number of nitrogens with one attached hydrogen (secondary N) is 2. The SMILES string of the molecule is CC(C)CCNC(C)CC1COCCN1. The summed E-state index contributed by atoms with van der Waals surface area (Å²) in [6, 6.07) is 1.13. The highest BCUT2D eigenvalue weighted by molar-refractivity contribution is 4.75. The van der Waals surface area contributed by atoms with Gasteiger partial charge in [0.05, 0.1) is 13.2 Å². The maximum atomic E-state index is 5.44. The molecule has 0 aromatic heterocycles. The predicted molar refractivity (Wildman–Crippen MR) is 64.1 cm³/mol. The molecule has 3 nitrogen and oxygen atoms in total. The Kier molecular flexibility index (Phi) is 6.22. The van der Waals surface area contributed by atoms with Crippen LogP contribution in [0.5, 0.6) is 0 Å². The summed E-state index contributed by atoms with van der Waals surface area (Å²) in [7, 11) is 0.